The van der Waals surface area contributed by atoms with Crippen LogP contribution >= 0.6 is 24.0 Å². The number of aromatic carboxylic acids is 1. The molecule has 1 amide bonds. The highest BCUT2D eigenvalue weighted by Gasteiger charge is 2.39. The van der Waals surface area contributed by atoms with E-state index in [2.05, 4.69) is 0 Å². The molecule has 0 saturated carbocycles. The lowest BCUT2D eigenvalue weighted by molar-refractivity contribution is -0.145. The average Bonchev–Trinajstić information content (AvgIpc) is 2.79. The molecule has 126 valence electrons. The fourth-order valence-corrected chi connectivity index (χ4v) is 3.62. The molecule has 1 heterocycles. The Kier molecular flexibility index (Phi) is 5.74. The number of thioether (sulfide) groups is 1. The normalized spacial score (nSPS) is 17.4. The first kappa shape index (κ1) is 18.2. The van der Waals surface area contributed by atoms with E-state index in [-0.39, 0.29) is 9.88 Å². The van der Waals surface area contributed by atoms with Crippen LogP contribution in [0.4, 0.5) is 0 Å². The fraction of sp³-hybridized carbons (Fsp3) is 0.250. The van der Waals surface area contributed by atoms with E-state index >= 15 is 0 Å². The Bertz CT molecular complexity index is 726. The average molecular weight is 365 g/mol. The van der Waals surface area contributed by atoms with Crippen LogP contribution < -0.4 is 0 Å². The quantitative estimate of drug-likeness (QED) is 0.591. The van der Waals surface area contributed by atoms with Gasteiger partial charge in [-0.15, -0.1) is 0 Å². The molecule has 1 aromatic rings. The van der Waals surface area contributed by atoms with Crippen molar-refractivity contribution < 1.29 is 24.6 Å². The van der Waals surface area contributed by atoms with Crippen LogP contribution in [0, 0.1) is 0 Å². The van der Waals surface area contributed by atoms with Crippen molar-refractivity contribution in [1.29, 1.82) is 0 Å². The first-order valence-corrected chi connectivity index (χ1v) is 8.40. The molecule has 0 spiro atoms. The number of rotatable bonds is 6. The van der Waals surface area contributed by atoms with Crippen molar-refractivity contribution >= 4 is 52.2 Å². The molecule has 8 heteroatoms. The largest absolute Gasteiger partial charge is 0.480 e. The van der Waals surface area contributed by atoms with Crippen molar-refractivity contribution in [2.45, 2.75) is 25.8 Å². The maximum absolute atomic E-state index is 12.5. The van der Waals surface area contributed by atoms with Crippen molar-refractivity contribution in [1.82, 2.24) is 4.90 Å². The standard InChI is InChI=1S/C16H15NO5S2/c1-2-3-11(15(21)22)17-13(18)12(24-16(17)23)8-9-4-6-10(7-5-9)14(19)20/h4-8,11H,2-3H2,1H3,(H,19,20)(H,21,22)/b12-8-. The molecule has 2 N–H and O–H groups in total. The van der Waals surface area contributed by atoms with Crippen LogP contribution in [0.25, 0.3) is 6.08 Å². The number of carbonyl (C=O) groups excluding carboxylic acids is 1. The van der Waals surface area contributed by atoms with E-state index in [0.29, 0.717) is 23.3 Å². The highest BCUT2D eigenvalue weighted by Crippen LogP contribution is 2.34. The van der Waals surface area contributed by atoms with Crippen LogP contribution in [0.3, 0.4) is 0 Å². The second-order valence-electron chi connectivity index (χ2n) is 5.12. The Morgan fingerprint density at radius 1 is 1.29 bits per heavy atom. The predicted molar refractivity (Wildman–Crippen MR) is 94.7 cm³/mol. The molecule has 0 radical (unpaired) electrons. The summed E-state index contributed by atoms with van der Waals surface area (Å²) in [6.07, 6.45) is 2.52. The predicted octanol–water partition coefficient (Wildman–Crippen LogP) is 2.84. The van der Waals surface area contributed by atoms with Crippen LogP contribution in [0.15, 0.2) is 29.2 Å². The minimum Gasteiger partial charge on any atom is -0.480 e. The lowest BCUT2D eigenvalue weighted by Gasteiger charge is -2.22. The van der Waals surface area contributed by atoms with Gasteiger partial charge in [-0.1, -0.05) is 49.5 Å². The molecule has 1 fully saturated rings. The summed E-state index contributed by atoms with van der Waals surface area (Å²) in [4.78, 5) is 36.2. The maximum Gasteiger partial charge on any atom is 0.335 e. The van der Waals surface area contributed by atoms with Gasteiger partial charge in [0.2, 0.25) is 0 Å². The SMILES string of the molecule is CCCC(C(=O)O)N1C(=O)/C(=C/c2ccc(C(=O)O)cc2)SC1=S. The number of carboxylic acids is 2. The fourth-order valence-electron chi connectivity index (χ4n) is 2.26. The molecule has 1 saturated heterocycles. The van der Waals surface area contributed by atoms with E-state index in [9.17, 15) is 19.5 Å². The number of carboxylic acid groups (broad SMARTS) is 2. The lowest BCUT2D eigenvalue weighted by Crippen LogP contribution is -2.43. The zero-order chi connectivity index (χ0) is 17.9. The Hall–Kier alpha value is -2.19. The van der Waals surface area contributed by atoms with Gasteiger partial charge in [-0.05, 0) is 30.2 Å². The molecule has 24 heavy (non-hydrogen) atoms. The number of benzene rings is 1. The Labute approximate surface area is 148 Å². The van der Waals surface area contributed by atoms with Gasteiger partial charge in [-0.2, -0.15) is 0 Å². The van der Waals surface area contributed by atoms with E-state index in [1.54, 1.807) is 18.2 Å². The summed E-state index contributed by atoms with van der Waals surface area (Å²) in [7, 11) is 0. The third-order valence-electron chi connectivity index (χ3n) is 3.44. The number of carbonyl (C=O) groups is 3. The van der Waals surface area contributed by atoms with E-state index in [1.807, 2.05) is 6.92 Å². The Balaban J connectivity index is 2.27. The number of aliphatic carboxylic acids is 1. The van der Waals surface area contributed by atoms with Crippen LogP contribution in [0.5, 0.6) is 0 Å². The summed E-state index contributed by atoms with van der Waals surface area (Å²) in [5.74, 6) is -2.55. The van der Waals surface area contributed by atoms with Crippen LogP contribution in [0.2, 0.25) is 0 Å². The Morgan fingerprint density at radius 2 is 1.92 bits per heavy atom. The molecule has 2 rings (SSSR count). The summed E-state index contributed by atoms with van der Waals surface area (Å²) < 4.78 is 0.217. The van der Waals surface area contributed by atoms with E-state index < -0.39 is 23.9 Å². The first-order valence-electron chi connectivity index (χ1n) is 7.18. The van der Waals surface area contributed by atoms with Gasteiger partial charge in [0.25, 0.3) is 5.91 Å². The van der Waals surface area contributed by atoms with Crippen LogP contribution in [0.1, 0.15) is 35.7 Å². The van der Waals surface area contributed by atoms with Gasteiger partial charge >= 0.3 is 11.9 Å². The molecule has 1 atom stereocenters. The minimum atomic E-state index is -1.08. The van der Waals surface area contributed by atoms with E-state index in [0.717, 1.165) is 16.7 Å². The molecule has 1 aromatic carbocycles. The van der Waals surface area contributed by atoms with Crippen molar-refractivity contribution in [3.63, 3.8) is 0 Å². The third-order valence-corrected chi connectivity index (χ3v) is 4.77. The summed E-state index contributed by atoms with van der Waals surface area (Å²) in [5, 5.41) is 18.2. The molecule has 0 aromatic heterocycles. The maximum atomic E-state index is 12.5. The van der Waals surface area contributed by atoms with Gasteiger partial charge in [0, 0.05) is 0 Å². The van der Waals surface area contributed by atoms with Crippen molar-refractivity contribution in [3.8, 4) is 0 Å². The molecule has 6 nitrogen and oxygen atoms in total. The molecule has 1 aliphatic rings. The van der Waals surface area contributed by atoms with Crippen molar-refractivity contribution in [2.24, 2.45) is 0 Å². The highest BCUT2D eigenvalue weighted by atomic mass is 32.2. The zero-order valence-corrected chi connectivity index (χ0v) is 14.4. The molecule has 1 unspecified atom stereocenters. The van der Waals surface area contributed by atoms with Crippen LogP contribution in [-0.4, -0.2) is 43.3 Å². The molecular formula is C16H15NO5S2. The highest BCUT2D eigenvalue weighted by molar-refractivity contribution is 8.26. The van der Waals surface area contributed by atoms with Gasteiger partial charge in [-0.25, -0.2) is 9.59 Å². The second kappa shape index (κ2) is 7.59. The smallest absolute Gasteiger partial charge is 0.335 e. The van der Waals surface area contributed by atoms with Gasteiger partial charge in [0.05, 0.1) is 10.5 Å². The summed E-state index contributed by atoms with van der Waals surface area (Å²) in [6.45, 7) is 1.84. The molecule has 0 bridgehead atoms. The van der Waals surface area contributed by atoms with Gasteiger partial charge < -0.3 is 10.2 Å². The first-order chi connectivity index (χ1) is 11.3. The molecule has 0 aliphatic carbocycles. The number of hydrogen-bond acceptors (Lipinski definition) is 5. The summed E-state index contributed by atoms with van der Waals surface area (Å²) in [6, 6.07) is 5.06. The van der Waals surface area contributed by atoms with E-state index in [4.69, 9.17) is 17.3 Å². The van der Waals surface area contributed by atoms with Gasteiger partial charge in [-0.3, -0.25) is 9.69 Å². The van der Waals surface area contributed by atoms with E-state index in [1.165, 1.54) is 12.1 Å². The number of thiocarbonyl (C=S) groups is 1. The summed E-state index contributed by atoms with van der Waals surface area (Å²) in [5.41, 5.74) is 0.788. The number of hydrogen-bond donors (Lipinski definition) is 2. The zero-order valence-electron chi connectivity index (χ0n) is 12.8. The Morgan fingerprint density at radius 3 is 2.42 bits per heavy atom. The minimum absolute atomic E-state index is 0.147. The second-order valence-corrected chi connectivity index (χ2v) is 6.80. The third kappa shape index (κ3) is 3.82. The number of nitrogens with zero attached hydrogens (tertiary/aromatic N) is 1. The topological polar surface area (TPSA) is 94.9 Å². The van der Waals surface area contributed by atoms with Crippen molar-refractivity contribution in [2.75, 3.05) is 0 Å². The lowest BCUT2D eigenvalue weighted by atomic mass is 10.1. The molecular weight excluding hydrogens is 350 g/mol. The summed E-state index contributed by atoms with van der Waals surface area (Å²) >= 11 is 6.21. The van der Waals surface area contributed by atoms with Crippen molar-refractivity contribution in [3.05, 3.63) is 40.3 Å². The number of amides is 1. The van der Waals surface area contributed by atoms with Gasteiger partial charge in [0.15, 0.2) is 0 Å². The monoisotopic (exact) mass is 365 g/mol. The van der Waals surface area contributed by atoms with Crippen LogP contribution in [-0.2, 0) is 9.59 Å². The molecule has 1 aliphatic heterocycles. The van der Waals surface area contributed by atoms with Gasteiger partial charge in [0.1, 0.15) is 10.4 Å².